The standard InChI is InChI=1S/C24H25N3O4/c1-16(2)31-19-10-8-18(9-11-19)22-6-5-7-23(26-22)24(28)27-25-15-17-12-20(29-3)14-21(13-17)30-4/h5-16H,1-4H3,(H,27,28)/b25-15+. The number of hydrazone groups is 1. The van der Waals surface area contributed by atoms with Gasteiger partial charge >= 0.3 is 0 Å². The van der Waals surface area contributed by atoms with Crippen LogP contribution in [0.3, 0.4) is 0 Å². The molecule has 7 heteroatoms. The molecule has 1 aromatic heterocycles. The van der Waals surface area contributed by atoms with Crippen molar-refractivity contribution in [2.24, 2.45) is 5.10 Å². The van der Waals surface area contributed by atoms with Crippen LogP contribution in [0.4, 0.5) is 0 Å². The van der Waals surface area contributed by atoms with Crippen LogP contribution in [-0.2, 0) is 0 Å². The second-order valence-electron chi connectivity index (χ2n) is 6.94. The van der Waals surface area contributed by atoms with Crippen molar-refractivity contribution in [3.8, 4) is 28.5 Å². The Morgan fingerprint density at radius 3 is 2.26 bits per heavy atom. The molecule has 0 fully saturated rings. The van der Waals surface area contributed by atoms with Gasteiger partial charge in [0, 0.05) is 17.2 Å². The highest BCUT2D eigenvalue weighted by atomic mass is 16.5. The number of nitrogens with zero attached hydrogens (tertiary/aromatic N) is 2. The number of hydrogen-bond acceptors (Lipinski definition) is 6. The predicted octanol–water partition coefficient (Wildman–Crippen LogP) is 4.32. The molecule has 0 saturated heterocycles. The van der Waals surface area contributed by atoms with E-state index in [1.807, 2.05) is 44.2 Å². The molecule has 0 bridgehead atoms. The summed E-state index contributed by atoms with van der Waals surface area (Å²) in [7, 11) is 3.14. The van der Waals surface area contributed by atoms with Crippen molar-refractivity contribution < 1.29 is 19.0 Å². The molecule has 7 nitrogen and oxygen atoms in total. The minimum atomic E-state index is -0.410. The average Bonchev–Trinajstić information content (AvgIpc) is 2.79. The van der Waals surface area contributed by atoms with Gasteiger partial charge in [0.2, 0.25) is 0 Å². The molecule has 31 heavy (non-hydrogen) atoms. The molecule has 0 saturated carbocycles. The van der Waals surface area contributed by atoms with Crippen molar-refractivity contribution in [3.63, 3.8) is 0 Å². The van der Waals surface area contributed by atoms with Crippen LogP contribution < -0.4 is 19.6 Å². The highest BCUT2D eigenvalue weighted by molar-refractivity contribution is 5.93. The molecule has 3 rings (SSSR count). The Morgan fingerprint density at radius 1 is 0.968 bits per heavy atom. The maximum absolute atomic E-state index is 12.5. The zero-order valence-corrected chi connectivity index (χ0v) is 18.0. The van der Waals surface area contributed by atoms with Gasteiger partial charge in [-0.3, -0.25) is 4.79 Å². The number of benzene rings is 2. The highest BCUT2D eigenvalue weighted by Gasteiger charge is 2.09. The molecule has 3 aromatic rings. The van der Waals surface area contributed by atoms with Gasteiger partial charge in [-0.05, 0) is 62.4 Å². The zero-order chi connectivity index (χ0) is 22.2. The van der Waals surface area contributed by atoms with Crippen LogP contribution in [0.1, 0.15) is 29.9 Å². The third kappa shape index (κ3) is 6.05. The number of ether oxygens (including phenoxy) is 3. The Bertz CT molecular complexity index is 1040. The van der Waals surface area contributed by atoms with Gasteiger partial charge in [0.05, 0.1) is 32.2 Å². The van der Waals surface area contributed by atoms with Gasteiger partial charge in [-0.2, -0.15) is 5.10 Å². The molecular formula is C24H25N3O4. The lowest BCUT2D eigenvalue weighted by molar-refractivity contribution is 0.0950. The van der Waals surface area contributed by atoms with E-state index in [0.717, 1.165) is 16.9 Å². The minimum Gasteiger partial charge on any atom is -0.497 e. The number of amides is 1. The SMILES string of the molecule is COc1cc(/C=N/NC(=O)c2cccc(-c3ccc(OC(C)C)cc3)n2)cc(OC)c1. The molecule has 0 spiro atoms. The summed E-state index contributed by atoms with van der Waals surface area (Å²) in [6.45, 7) is 3.95. The van der Waals surface area contributed by atoms with E-state index in [1.165, 1.54) is 6.21 Å². The first-order valence-corrected chi connectivity index (χ1v) is 9.79. The summed E-state index contributed by atoms with van der Waals surface area (Å²) >= 11 is 0. The lowest BCUT2D eigenvalue weighted by Crippen LogP contribution is -2.19. The van der Waals surface area contributed by atoms with E-state index in [-0.39, 0.29) is 11.8 Å². The summed E-state index contributed by atoms with van der Waals surface area (Å²) in [6, 6.07) is 18.2. The van der Waals surface area contributed by atoms with Crippen LogP contribution >= 0.6 is 0 Å². The van der Waals surface area contributed by atoms with Crippen LogP contribution in [0.2, 0.25) is 0 Å². The molecule has 160 valence electrons. The van der Waals surface area contributed by atoms with E-state index >= 15 is 0 Å². The number of aromatic nitrogens is 1. The quantitative estimate of drug-likeness (QED) is 0.434. The number of methoxy groups -OCH3 is 2. The summed E-state index contributed by atoms with van der Waals surface area (Å²) in [6.07, 6.45) is 1.62. The molecule has 0 radical (unpaired) electrons. The van der Waals surface area contributed by atoms with Gasteiger partial charge in [0.25, 0.3) is 5.91 Å². The highest BCUT2D eigenvalue weighted by Crippen LogP contribution is 2.22. The van der Waals surface area contributed by atoms with Gasteiger partial charge in [0.1, 0.15) is 22.9 Å². The first kappa shape index (κ1) is 21.8. The Labute approximate surface area is 181 Å². The van der Waals surface area contributed by atoms with Gasteiger partial charge in [-0.1, -0.05) is 6.07 Å². The van der Waals surface area contributed by atoms with Crippen molar-refractivity contribution in [2.75, 3.05) is 14.2 Å². The number of carbonyl (C=O) groups excluding carboxylic acids is 1. The van der Waals surface area contributed by atoms with Gasteiger partial charge < -0.3 is 14.2 Å². The van der Waals surface area contributed by atoms with E-state index in [1.54, 1.807) is 44.6 Å². The molecule has 0 aliphatic carbocycles. The third-order valence-electron chi connectivity index (χ3n) is 4.26. The number of rotatable bonds is 8. The van der Waals surface area contributed by atoms with Gasteiger partial charge in [-0.25, -0.2) is 10.4 Å². The maximum Gasteiger partial charge on any atom is 0.289 e. The molecule has 1 amide bonds. The summed E-state index contributed by atoms with van der Waals surface area (Å²) < 4.78 is 16.1. The van der Waals surface area contributed by atoms with Gasteiger partial charge in [0.15, 0.2) is 0 Å². The Balaban J connectivity index is 1.70. The van der Waals surface area contributed by atoms with E-state index in [4.69, 9.17) is 14.2 Å². The molecule has 1 N–H and O–H groups in total. The van der Waals surface area contributed by atoms with Crippen LogP contribution in [-0.4, -0.2) is 37.4 Å². The fraction of sp³-hybridized carbons (Fsp3) is 0.208. The number of nitrogens with one attached hydrogen (secondary N) is 1. The molecule has 2 aromatic carbocycles. The second-order valence-corrected chi connectivity index (χ2v) is 6.94. The molecule has 0 aliphatic heterocycles. The van der Waals surface area contributed by atoms with E-state index in [2.05, 4.69) is 15.5 Å². The molecule has 0 atom stereocenters. The summed E-state index contributed by atoms with van der Waals surface area (Å²) in [5, 5.41) is 4.02. The zero-order valence-electron chi connectivity index (χ0n) is 18.0. The largest absolute Gasteiger partial charge is 0.497 e. The fourth-order valence-electron chi connectivity index (χ4n) is 2.83. The minimum absolute atomic E-state index is 0.106. The third-order valence-corrected chi connectivity index (χ3v) is 4.26. The van der Waals surface area contributed by atoms with Crippen molar-refractivity contribution in [3.05, 3.63) is 71.9 Å². The predicted molar refractivity (Wildman–Crippen MR) is 120 cm³/mol. The van der Waals surface area contributed by atoms with E-state index in [9.17, 15) is 4.79 Å². The number of carbonyl (C=O) groups is 1. The van der Waals surface area contributed by atoms with Crippen LogP contribution in [0.25, 0.3) is 11.3 Å². The topological polar surface area (TPSA) is 82.0 Å². The fourth-order valence-corrected chi connectivity index (χ4v) is 2.83. The van der Waals surface area contributed by atoms with Crippen LogP contribution in [0, 0.1) is 0 Å². The first-order valence-electron chi connectivity index (χ1n) is 9.79. The lowest BCUT2D eigenvalue weighted by Gasteiger charge is -2.10. The average molecular weight is 419 g/mol. The van der Waals surface area contributed by atoms with Crippen molar-refractivity contribution in [1.82, 2.24) is 10.4 Å². The Kier molecular flexibility index (Phi) is 7.22. The molecule has 0 aliphatic rings. The van der Waals surface area contributed by atoms with Crippen LogP contribution in [0.5, 0.6) is 17.2 Å². The van der Waals surface area contributed by atoms with Gasteiger partial charge in [-0.15, -0.1) is 0 Å². The normalized spacial score (nSPS) is 10.9. The molecule has 0 unspecified atom stereocenters. The summed E-state index contributed by atoms with van der Waals surface area (Å²) in [5.74, 6) is 1.64. The lowest BCUT2D eigenvalue weighted by atomic mass is 10.1. The molecule has 1 heterocycles. The first-order chi connectivity index (χ1) is 15.0. The smallest absolute Gasteiger partial charge is 0.289 e. The summed E-state index contributed by atoms with van der Waals surface area (Å²) in [4.78, 5) is 16.9. The van der Waals surface area contributed by atoms with E-state index < -0.39 is 5.91 Å². The van der Waals surface area contributed by atoms with Crippen molar-refractivity contribution in [1.29, 1.82) is 0 Å². The van der Waals surface area contributed by atoms with E-state index in [0.29, 0.717) is 17.2 Å². The monoisotopic (exact) mass is 419 g/mol. The number of pyridine rings is 1. The number of hydrogen-bond donors (Lipinski definition) is 1. The molecular weight excluding hydrogens is 394 g/mol. The van der Waals surface area contributed by atoms with Crippen LogP contribution in [0.15, 0.2) is 65.8 Å². The second kappa shape index (κ2) is 10.2. The maximum atomic E-state index is 12.5. The Morgan fingerprint density at radius 2 is 1.65 bits per heavy atom. The van der Waals surface area contributed by atoms with Crippen molar-refractivity contribution >= 4 is 12.1 Å². The Hall–Kier alpha value is -3.87. The summed E-state index contributed by atoms with van der Waals surface area (Å²) in [5.41, 5.74) is 5.06. The van der Waals surface area contributed by atoms with Crippen molar-refractivity contribution in [2.45, 2.75) is 20.0 Å².